The summed E-state index contributed by atoms with van der Waals surface area (Å²) in [4.78, 5) is 0. The molecule has 3 nitrogen and oxygen atoms in total. The monoisotopic (exact) mass is 410 g/mol. The quantitative estimate of drug-likeness (QED) is 0.545. The molecule has 1 aliphatic rings. The normalized spacial score (nSPS) is 14.9. The lowest BCUT2D eigenvalue weighted by molar-refractivity contribution is 0.267. The van der Waals surface area contributed by atoms with Crippen LogP contribution >= 0.6 is 0 Å². The molecule has 158 valence electrons. The Kier molecular flexibility index (Phi) is 7.94. The third-order valence-electron chi connectivity index (χ3n) is 5.10. The minimum Gasteiger partial charge on any atom is -0.394 e. The number of anilines is 1. The number of rotatable bonds is 5. The van der Waals surface area contributed by atoms with Gasteiger partial charge in [-0.15, -0.1) is 0 Å². The maximum atomic E-state index is 13.2. The Labute approximate surface area is 176 Å². The van der Waals surface area contributed by atoms with E-state index in [0.717, 1.165) is 48.3 Å². The van der Waals surface area contributed by atoms with Crippen LogP contribution in [0.2, 0.25) is 0 Å². The highest BCUT2D eigenvalue weighted by Gasteiger charge is 2.17. The second-order valence-corrected chi connectivity index (χ2v) is 7.35. The summed E-state index contributed by atoms with van der Waals surface area (Å²) in [5, 5.41) is 15.6. The Hall–Kier alpha value is -2.76. The van der Waals surface area contributed by atoms with Gasteiger partial charge in [0.05, 0.1) is 6.61 Å². The van der Waals surface area contributed by atoms with Crippen molar-refractivity contribution in [1.29, 1.82) is 0 Å². The van der Waals surface area contributed by atoms with Crippen LogP contribution < -0.4 is 10.6 Å². The lowest BCUT2D eigenvalue weighted by Gasteiger charge is -2.26. The Balaban J connectivity index is 0.000000199. The molecule has 3 N–H and O–H groups in total. The summed E-state index contributed by atoms with van der Waals surface area (Å²) >= 11 is 0. The van der Waals surface area contributed by atoms with Gasteiger partial charge in [-0.2, -0.15) is 0 Å². The Morgan fingerprint density at radius 3 is 2.43 bits per heavy atom. The molecule has 0 fully saturated rings. The van der Waals surface area contributed by atoms with Crippen molar-refractivity contribution in [2.24, 2.45) is 0 Å². The molecule has 1 unspecified atom stereocenters. The molecule has 0 spiro atoms. The maximum absolute atomic E-state index is 13.2. The number of halogens is 2. The summed E-state index contributed by atoms with van der Waals surface area (Å²) in [5.74, 6) is -0.390. The van der Waals surface area contributed by atoms with E-state index >= 15 is 0 Å². The average Bonchev–Trinajstić information content (AvgIpc) is 2.78. The van der Waals surface area contributed by atoms with Crippen LogP contribution in [0.4, 0.5) is 14.5 Å². The maximum Gasteiger partial charge on any atom is 0.123 e. The molecule has 0 saturated heterocycles. The largest absolute Gasteiger partial charge is 0.394 e. The highest BCUT2D eigenvalue weighted by molar-refractivity contribution is 5.69. The van der Waals surface area contributed by atoms with Crippen LogP contribution in [0.5, 0.6) is 0 Å². The van der Waals surface area contributed by atoms with E-state index in [0.29, 0.717) is 0 Å². The molecule has 1 heterocycles. The van der Waals surface area contributed by atoms with E-state index in [4.69, 9.17) is 0 Å². The number of hydrogen-bond donors (Lipinski definition) is 3. The molecule has 3 aromatic carbocycles. The van der Waals surface area contributed by atoms with Gasteiger partial charge >= 0.3 is 0 Å². The van der Waals surface area contributed by atoms with Crippen LogP contribution in [0.15, 0.2) is 66.7 Å². The number of hydrogen-bond acceptors (Lipinski definition) is 3. The first-order valence-electron chi connectivity index (χ1n) is 10.3. The van der Waals surface area contributed by atoms with Gasteiger partial charge in [-0.25, -0.2) is 8.78 Å². The molecular formula is C25H28F2N2O. The second kappa shape index (κ2) is 10.9. The van der Waals surface area contributed by atoms with Gasteiger partial charge in [-0.05, 0) is 78.0 Å². The molecule has 0 bridgehead atoms. The van der Waals surface area contributed by atoms with Crippen LogP contribution in [0, 0.1) is 11.6 Å². The average molecular weight is 411 g/mol. The Morgan fingerprint density at radius 1 is 0.967 bits per heavy atom. The molecule has 0 aliphatic carbocycles. The fraction of sp³-hybridized carbons (Fsp3) is 0.280. The van der Waals surface area contributed by atoms with Gasteiger partial charge in [0.2, 0.25) is 0 Å². The predicted molar refractivity (Wildman–Crippen MR) is 118 cm³/mol. The van der Waals surface area contributed by atoms with E-state index < -0.39 is 0 Å². The number of aliphatic hydroxyl groups excluding tert-OH is 1. The summed E-state index contributed by atoms with van der Waals surface area (Å²) in [6, 6.07) is 19.4. The van der Waals surface area contributed by atoms with Gasteiger partial charge in [0, 0.05) is 18.3 Å². The van der Waals surface area contributed by atoms with Crippen molar-refractivity contribution in [1.82, 2.24) is 5.32 Å². The molecular weight excluding hydrogens is 382 g/mol. The fourth-order valence-corrected chi connectivity index (χ4v) is 3.42. The van der Waals surface area contributed by atoms with E-state index in [1.807, 2.05) is 25.1 Å². The number of aliphatic hydroxyl groups is 1. The van der Waals surface area contributed by atoms with Gasteiger partial charge in [-0.1, -0.05) is 37.3 Å². The zero-order chi connectivity index (χ0) is 21.3. The number of fused-ring (bicyclic) bond motifs is 1. The van der Waals surface area contributed by atoms with E-state index in [-0.39, 0.29) is 24.3 Å². The van der Waals surface area contributed by atoms with Crippen molar-refractivity contribution in [2.45, 2.75) is 32.4 Å². The molecule has 1 aliphatic heterocycles. The lowest BCUT2D eigenvalue weighted by atomic mass is 9.94. The minimum absolute atomic E-state index is 0.146. The summed E-state index contributed by atoms with van der Waals surface area (Å²) in [5.41, 5.74) is 5.35. The highest BCUT2D eigenvalue weighted by atomic mass is 19.1. The Bertz CT molecular complexity index is 944. The molecule has 3 aromatic rings. The van der Waals surface area contributed by atoms with Gasteiger partial charge < -0.3 is 15.7 Å². The predicted octanol–water partition coefficient (Wildman–Crippen LogP) is 5.15. The molecule has 30 heavy (non-hydrogen) atoms. The summed E-state index contributed by atoms with van der Waals surface area (Å²) in [6.07, 6.45) is 1.87. The first-order valence-corrected chi connectivity index (χ1v) is 10.3. The zero-order valence-electron chi connectivity index (χ0n) is 17.2. The lowest BCUT2D eigenvalue weighted by Crippen LogP contribution is -2.28. The van der Waals surface area contributed by atoms with Crippen LogP contribution in [-0.4, -0.2) is 24.3 Å². The van der Waals surface area contributed by atoms with Crippen molar-refractivity contribution in [3.63, 3.8) is 0 Å². The van der Waals surface area contributed by atoms with E-state index in [2.05, 4.69) is 16.7 Å². The number of aryl methyl sites for hydroxylation is 1. The van der Waals surface area contributed by atoms with Crippen molar-refractivity contribution in [3.8, 4) is 11.1 Å². The summed E-state index contributed by atoms with van der Waals surface area (Å²) < 4.78 is 25.6. The first-order chi connectivity index (χ1) is 14.6. The fourth-order valence-electron chi connectivity index (χ4n) is 3.42. The smallest absolute Gasteiger partial charge is 0.123 e. The van der Waals surface area contributed by atoms with Crippen LogP contribution in [0.25, 0.3) is 11.1 Å². The molecule has 0 amide bonds. The SMILES string of the molecule is CCNCc1ccc(F)cc1.OCC1CCc2cc(-c3cccc(F)c3)ccc2N1. The van der Waals surface area contributed by atoms with Crippen molar-refractivity contribution in [3.05, 3.63) is 89.5 Å². The molecule has 0 saturated carbocycles. The minimum atomic E-state index is -0.214. The molecule has 0 aromatic heterocycles. The third kappa shape index (κ3) is 6.12. The number of nitrogens with one attached hydrogen (secondary N) is 2. The van der Waals surface area contributed by atoms with Crippen molar-refractivity contribution >= 4 is 5.69 Å². The summed E-state index contributed by atoms with van der Waals surface area (Å²) in [6.45, 7) is 3.96. The second-order valence-electron chi connectivity index (χ2n) is 7.35. The Morgan fingerprint density at radius 2 is 1.73 bits per heavy atom. The topological polar surface area (TPSA) is 44.3 Å². The van der Waals surface area contributed by atoms with E-state index in [9.17, 15) is 13.9 Å². The van der Waals surface area contributed by atoms with Crippen LogP contribution in [-0.2, 0) is 13.0 Å². The third-order valence-corrected chi connectivity index (χ3v) is 5.10. The van der Waals surface area contributed by atoms with E-state index in [1.54, 1.807) is 24.3 Å². The van der Waals surface area contributed by atoms with Crippen molar-refractivity contribution < 1.29 is 13.9 Å². The molecule has 4 rings (SSSR count). The van der Waals surface area contributed by atoms with Crippen molar-refractivity contribution in [2.75, 3.05) is 18.5 Å². The first kappa shape index (κ1) is 21.9. The van der Waals surface area contributed by atoms with Gasteiger partial charge in [0.15, 0.2) is 0 Å². The van der Waals surface area contributed by atoms with Crippen LogP contribution in [0.3, 0.4) is 0 Å². The summed E-state index contributed by atoms with van der Waals surface area (Å²) in [7, 11) is 0. The zero-order valence-corrected chi connectivity index (χ0v) is 17.2. The van der Waals surface area contributed by atoms with Gasteiger partial charge in [0.1, 0.15) is 11.6 Å². The highest BCUT2D eigenvalue weighted by Crippen LogP contribution is 2.30. The van der Waals surface area contributed by atoms with Crippen LogP contribution in [0.1, 0.15) is 24.5 Å². The standard InChI is InChI=1S/C16H16FNO.C9H12FN/c17-14-3-1-2-11(9-14)12-5-7-16-13(8-12)4-6-15(10-19)18-16;1-2-11-7-8-3-5-9(10)6-4-8/h1-3,5,7-9,15,18-19H,4,6,10H2;3-6,11H,2,7H2,1H3. The van der Waals surface area contributed by atoms with Gasteiger partial charge in [-0.3, -0.25) is 0 Å². The molecule has 0 radical (unpaired) electrons. The van der Waals surface area contributed by atoms with Gasteiger partial charge in [0.25, 0.3) is 0 Å². The van der Waals surface area contributed by atoms with E-state index in [1.165, 1.54) is 23.8 Å². The number of benzene rings is 3. The molecule has 1 atom stereocenters. The molecule has 5 heteroatoms.